The number of thiazole rings is 1. The molecule has 146 valence electrons. The standard InChI is InChI=1S/C21H18N4O2S2/c1-14-13-29-20(22-14)24-18(26)11-12-28-21-23-17-10-6-5-9-16(17)19(27)25(21)15-7-3-2-4-8-15/h2-10,13H,11-12H2,1H3,(H,22,24,26). The zero-order chi connectivity index (χ0) is 20.2. The van der Waals surface area contributed by atoms with Crippen LogP contribution in [0.2, 0.25) is 0 Å². The maximum absolute atomic E-state index is 13.1. The molecule has 0 aliphatic carbocycles. The number of rotatable bonds is 6. The molecule has 8 heteroatoms. The first-order valence-corrected chi connectivity index (χ1v) is 10.9. The van der Waals surface area contributed by atoms with Crippen molar-refractivity contribution in [3.63, 3.8) is 0 Å². The Morgan fingerprint density at radius 1 is 1.10 bits per heavy atom. The van der Waals surface area contributed by atoms with Crippen LogP contribution in [0.15, 0.2) is 69.9 Å². The summed E-state index contributed by atoms with van der Waals surface area (Å²) in [6.45, 7) is 1.89. The Hall–Kier alpha value is -2.97. The molecule has 0 atom stereocenters. The van der Waals surface area contributed by atoms with Crippen molar-refractivity contribution in [3.05, 3.63) is 76.0 Å². The highest BCUT2D eigenvalue weighted by Gasteiger charge is 2.14. The number of hydrogen-bond acceptors (Lipinski definition) is 6. The Morgan fingerprint density at radius 2 is 1.86 bits per heavy atom. The highest BCUT2D eigenvalue weighted by atomic mass is 32.2. The van der Waals surface area contributed by atoms with Crippen molar-refractivity contribution in [2.75, 3.05) is 11.1 Å². The molecule has 29 heavy (non-hydrogen) atoms. The first kappa shape index (κ1) is 19.4. The number of aryl methyl sites for hydroxylation is 1. The minimum Gasteiger partial charge on any atom is -0.302 e. The van der Waals surface area contributed by atoms with Gasteiger partial charge in [-0.25, -0.2) is 9.97 Å². The van der Waals surface area contributed by atoms with Gasteiger partial charge in [0.2, 0.25) is 5.91 Å². The number of carbonyl (C=O) groups is 1. The van der Waals surface area contributed by atoms with Crippen LogP contribution in [0.5, 0.6) is 0 Å². The molecule has 0 radical (unpaired) electrons. The Kier molecular flexibility index (Phi) is 5.73. The van der Waals surface area contributed by atoms with E-state index in [1.165, 1.54) is 23.1 Å². The van der Waals surface area contributed by atoms with Crippen molar-refractivity contribution >= 4 is 45.0 Å². The zero-order valence-electron chi connectivity index (χ0n) is 15.7. The number of fused-ring (bicyclic) bond motifs is 1. The molecule has 0 unspecified atom stereocenters. The van der Waals surface area contributed by atoms with E-state index in [0.29, 0.717) is 33.4 Å². The van der Waals surface area contributed by atoms with Crippen LogP contribution in [0.3, 0.4) is 0 Å². The highest BCUT2D eigenvalue weighted by molar-refractivity contribution is 7.99. The van der Waals surface area contributed by atoms with Crippen molar-refractivity contribution in [1.29, 1.82) is 0 Å². The fourth-order valence-corrected chi connectivity index (χ4v) is 4.50. The maximum Gasteiger partial charge on any atom is 0.266 e. The lowest BCUT2D eigenvalue weighted by molar-refractivity contribution is -0.115. The minimum absolute atomic E-state index is 0.110. The third-order valence-corrected chi connectivity index (χ3v) is 6.00. The average molecular weight is 423 g/mol. The predicted molar refractivity (Wildman–Crippen MR) is 118 cm³/mol. The number of carbonyl (C=O) groups excluding carboxylic acids is 1. The summed E-state index contributed by atoms with van der Waals surface area (Å²) in [6, 6.07) is 16.7. The summed E-state index contributed by atoms with van der Waals surface area (Å²) in [5, 5.41) is 6.43. The van der Waals surface area contributed by atoms with Crippen LogP contribution >= 0.6 is 23.1 Å². The van der Waals surface area contributed by atoms with Crippen molar-refractivity contribution in [1.82, 2.24) is 14.5 Å². The molecular weight excluding hydrogens is 404 g/mol. The molecule has 0 saturated heterocycles. The first-order chi connectivity index (χ1) is 14.1. The number of amides is 1. The lowest BCUT2D eigenvalue weighted by Gasteiger charge is -2.13. The summed E-state index contributed by atoms with van der Waals surface area (Å²) in [6.07, 6.45) is 0.292. The van der Waals surface area contributed by atoms with Gasteiger partial charge in [0.25, 0.3) is 5.56 Å². The van der Waals surface area contributed by atoms with Crippen LogP contribution < -0.4 is 10.9 Å². The van der Waals surface area contributed by atoms with Crippen molar-refractivity contribution in [2.24, 2.45) is 0 Å². The Morgan fingerprint density at radius 3 is 2.62 bits per heavy atom. The van der Waals surface area contributed by atoms with E-state index in [9.17, 15) is 9.59 Å². The van der Waals surface area contributed by atoms with Gasteiger partial charge in [-0.1, -0.05) is 42.1 Å². The maximum atomic E-state index is 13.1. The van der Waals surface area contributed by atoms with E-state index in [2.05, 4.69) is 15.3 Å². The van der Waals surface area contributed by atoms with Crippen molar-refractivity contribution in [3.8, 4) is 5.69 Å². The molecule has 0 aliphatic heterocycles. The van der Waals surface area contributed by atoms with Crippen LogP contribution in [0.25, 0.3) is 16.6 Å². The van der Waals surface area contributed by atoms with Gasteiger partial charge in [0.1, 0.15) is 0 Å². The van der Waals surface area contributed by atoms with Crippen LogP contribution in [-0.4, -0.2) is 26.2 Å². The number of benzene rings is 2. The number of anilines is 1. The van der Waals surface area contributed by atoms with Gasteiger partial charge in [0.15, 0.2) is 10.3 Å². The molecule has 0 spiro atoms. The summed E-state index contributed by atoms with van der Waals surface area (Å²) < 4.78 is 1.61. The van der Waals surface area contributed by atoms with E-state index in [-0.39, 0.29) is 11.5 Å². The molecular formula is C21H18N4O2S2. The van der Waals surface area contributed by atoms with Gasteiger partial charge in [-0.3, -0.25) is 14.2 Å². The number of nitrogens with one attached hydrogen (secondary N) is 1. The molecule has 0 aliphatic rings. The van der Waals surface area contributed by atoms with Gasteiger partial charge in [-0.05, 0) is 31.2 Å². The molecule has 1 N–H and O–H groups in total. The van der Waals surface area contributed by atoms with Crippen LogP contribution in [0.1, 0.15) is 12.1 Å². The van der Waals surface area contributed by atoms with Gasteiger partial charge in [0, 0.05) is 17.6 Å². The monoisotopic (exact) mass is 422 g/mol. The summed E-state index contributed by atoms with van der Waals surface area (Å²) in [5.41, 5.74) is 2.16. The van der Waals surface area contributed by atoms with Crippen LogP contribution in [0.4, 0.5) is 5.13 Å². The Labute approximate surface area is 175 Å². The molecule has 2 aromatic heterocycles. The van der Waals surface area contributed by atoms with Crippen molar-refractivity contribution < 1.29 is 4.79 Å². The number of thioether (sulfide) groups is 1. The average Bonchev–Trinajstić information content (AvgIpc) is 3.13. The van der Waals surface area contributed by atoms with Gasteiger partial charge >= 0.3 is 0 Å². The number of aromatic nitrogens is 3. The summed E-state index contributed by atoms with van der Waals surface area (Å²) in [7, 11) is 0. The third-order valence-electron chi connectivity index (χ3n) is 4.18. The Bertz CT molecular complexity index is 1220. The van der Waals surface area contributed by atoms with Gasteiger partial charge in [-0.2, -0.15) is 0 Å². The third kappa shape index (κ3) is 4.38. The van der Waals surface area contributed by atoms with Gasteiger partial charge < -0.3 is 5.32 Å². The first-order valence-electron chi connectivity index (χ1n) is 9.04. The van der Waals surface area contributed by atoms with Crippen LogP contribution in [-0.2, 0) is 4.79 Å². The quantitative estimate of drug-likeness (QED) is 0.371. The van der Waals surface area contributed by atoms with Crippen molar-refractivity contribution in [2.45, 2.75) is 18.5 Å². The smallest absolute Gasteiger partial charge is 0.266 e. The van der Waals surface area contributed by atoms with E-state index < -0.39 is 0 Å². The predicted octanol–water partition coefficient (Wildman–Crippen LogP) is 4.27. The second kappa shape index (κ2) is 8.59. The van der Waals surface area contributed by atoms with Gasteiger partial charge in [-0.15, -0.1) is 11.3 Å². The fourth-order valence-electron chi connectivity index (χ4n) is 2.84. The normalized spacial score (nSPS) is 10.9. The minimum atomic E-state index is -0.119. The number of hydrogen-bond donors (Lipinski definition) is 1. The van der Waals surface area contributed by atoms with Gasteiger partial charge in [0.05, 0.1) is 22.3 Å². The highest BCUT2D eigenvalue weighted by Crippen LogP contribution is 2.22. The van der Waals surface area contributed by atoms with E-state index >= 15 is 0 Å². The molecule has 1 amide bonds. The summed E-state index contributed by atoms with van der Waals surface area (Å²) in [5.74, 6) is 0.384. The number of para-hydroxylation sites is 2. The van der Waals surface area contributed by atoms with Crippen LogP contribution in [0, 0.1) is 6.92 Å². The fraction of sp³-hybridized carbons (Fsp3) is 0.143. The van der Waals surface area contributed by atoms with E-state index in [1.54, 1.807) is 10.6 Å². The molecule has 4 aromatic rings. The van der Waals surface area contributed by atoms with E-state index in [1.807, 2.05) is 60.8 Å². The molecule has 6 nitrogen and oxygen atoms in total. The topological polar surface area (TPSA) is 76.9 Å². The number of nitrogens with zero attached hydrogens (tertiary/aromatic N) is 3. The molecule has 4 rings (SSSR count). The molecule has 2 aromatic carbocycles. The lowest BCUT2D eigenvalue weighted by Crippen LogP contribution is -2.22. The molecule has 0 fully saturated rings. The summed E-state index contributed by atoms with van der Waals surface area (Å²) >= 11 is 2.79. The summed E-state index contributed by atoms with van der Waals surface area (Å²) in [4.78, 5) is 34.2. The Balaban J connectivity index is 1.57. The lowest BCUT2D eigenvalue weighted by atomic mass is 10.2. The largest absolute Gasteiger partial charge is 0.302 e. The molecule has 0 bridgehead atoms. The molecule has 2 heterocycles. The zero-order valence-corrected chi connectivity index (χ0v) is 17.3. The second-order valence-electron chi connectivity index (χ2n) is 6.33. The van der Waals surface area contributed by atoms with E-state index in [0.717, 1.165) is 11.4 Å². The molecule has 0 saturated carbocycles. The second-order valence-corrected chi connectivity index (χ2v) is 8.25. The SMILES string of the molecule is Cc1csc(NC(=O)CCSc2nc3ccccc3c(=O)n2-c2ccccc2)n1. The van der Waals surface area contributed by atoms with E-state index in [4.69, 9.17) is 0 Å².